The monoisotopic (exact) mass is 343 g/mol. The van der Waals surface area contributed by atoms with Gasteiger partial charge in [-0.05, 0) is 30.9 Å². The van der Waals surface area contributed by atoms with Crippen LogP contribution in [0.1, 0.15) is 25.7 Å². The Labute approximate surface area is 135 Å². The molecule has 9 heteroatoms. The molecule has 8 nitrogen and oxygen atoms in total. The van der Waals surface area contributed by atoms with E-state index in [0.29, 0.717) is 0 Å². The summed E-state index contributed by atoms with van der Waals surface area (Å²) < 4.78 is 32.6. The zero-order valence-corrected chi connectivity index (χ0v) is 13.7. The summed E-state index contributed by atoms with van der Waals surface area (Å²) in [7, 11) is -2.68. The van der Waals surface area contributed by atoms with E-state index in [2.05, 4.69) is 4.72 Å². The minimum Gasteiger partial charge on any atom is -0.497 e. The van der Waals surface area contributed by atoms with Crippen molar-refractivity contribution in [1.29, 1.82) is 0 Å². The second kappa shape index (κ2) is 7.24. The highest BCUT2D eigenvalue weighted by Crippen LogP contribution is 2.31. The number of methoxy groups -OCH3 is 1. The first-order valence-corrected chi connectivity index (χ1v) is 8.92. The third-order valence-corrected chi connectivity index (χ3v) is 5.72. The zero-order chi connectivity index (χ0) is 17.0. The molecule has 3 N–H and O–H groups in total. The number of sulfonamides is 1. The predicted molar refractivity (Wildman–Crippen MR) is 84.8 cm³/mol. The van der Waals surface area contributed by atoms with E-state index >= 15 is 0 Å². The number of nitro groups is 1. The van der Waals surface area contributed by atoms with Gasteiger partial charge < -0.3 is 10.5 Å². The molecule has 2 rings (SSSR count). The molecule has 1 aromatic rings. The van der Waals surface area contributed by atoms with Crippen LogP contribution in [0.4, 0.5) is 5.69 Å². The fourth-order valence-corrected chi connectivity index (χ4v) is 4.42. The van der Waals surface area contributed by atoms with Crippen molar-refractivity contribution in [3.05, 3.63) is 28.3 Å². The van der Waals surface area contributed by atoms with E-state index in [1.54, 1.807) is 0 Å². The number of hydrogen-bond donors (Lipinski definition) is 2. The first-order valence-electron chi connectivity index (χ1n) is 7.44. The van der Waals surface area contributed by atoms with Crippen molar-refractivity contribution in [1.82, 2.24) is 4.72 Å². The molecule has 1 fully saturated rings. The number of nitrogens with one attached hydrogen (secondary N) is 1. The maximum atomic E-state index is 12.6. The van der Waals surface area contributed by atoms with Crippen molar-refractivity contribution < 1.29 is 18.1 Å². The summed E-state index contributed by atoms with van der Waals surface area (Å²) in [6, 6.07) is 3.25. The molecule has 0 aromatic heterocycles. The molecule has 1 unspecified atom stereocenters. The average molecular weight is 343 g/mol. The van der Waals surface area contributed by atoms with Crippen LogP contribution in [0.15, 0.2) is 23.1 Å². The van der Waals surface area contributed by atoms with Crippen LogP contribution in [-0.2, 0) is 10.0 Å². The van der Waals surface area contributed by atoms with E-state index < -0.39 is 26.7 Å². The van der Waals surface area contributed by atoms with Crippen LogP contribution in [0.25, 0.3) is 0 Å². The van der Waals surface area contributed by atoms with Gasteiger partial charge in [-0.1, -0.05) is 12.8 Å². The largest absolute Gasteiger partial charge is 0.497 e. The van der Waals surface area contributed by atoms with Crippen LogP contribution in [0.5, 0.6) is 5.75 Å². The normalized spacial score (nSPS) is 17.1. The minimum absolute atomic E-state index is 0.161. The average Bonchev–Trinajstić information content (AvgIpc) is 3.06. The van der Waals surface area contributed by atoms with Gasteiger partial charge in [-0.3, -0.25) is 10.1 Å². The molecular formula is C14H21N3O5S. The Morgan fingerprint density at radius 3 is 2.61 bits per heavy atom. The summed E-state index contributed by atoms with van der Waals surface area (Å²) in [5.74, 6) is 0.397. The van der Waals surface area contributed by atoms with E-state index in [1.165, 1.54) is 19.2 Å². The molecule has 0 saturated heterocycles. The lowest BCUT2D eigenvalue weighted by atomic mass is 9.99. The van der Waals surface area contributed by atoms with E-state index in [4.69, 9.17) is 10.5 Å². The molecular weight excluding hydrogens is 322 g/mol. The van der Waals surface area contributed by atoms with Crippen LogP contribution >= 0.6 is 0 Å². The van der Waals surface area contributed by atoms with Gasteiger partial charge in [0.05, 0.1) is 18.1 Å². The van der Waals surface area contributed by atoms with Crippen LogP contribution < -0.4 is 15.2 Å². The van der Waals surface area contributed by atoms with Crippen LogP contribution in [0.3, 0.4) is 0 Å². The highest BCUT2D eigenvalue weighted by atomic mass is 32.2. The van der Waals surface area contributed by atoms with Gasteiger partial charge >= 0.3 is 0 Å². The quantitative estimate of drug-likeness (QED) is 0.569. The third kappa shape index (κ3) is 3.98. The molecule has 23 heavy (non-hydrogen) atoms. The lowest BCUT2D eigenvalue weighted by Gasteiger charge is -2.22. The number of ether oxygens (including phenoxy) is 1. The van der Waals surface area contributed by atoms with Crippen molar-refractivity contribution in [3.63, 3.8) is 0 Å². The van der Waals surface area contributed by atoms with E-state index in [-0.39, 0.29) is 23.1 Å². The van der Waals surface area contributed by atoms with Gasteiger partial charge in [-0.2, -0.15) is 0 Å². The number of nitrogens with zero attached hydrogens (tertiary/aromatic N) is 1. The smallest absolute Gasteiger partial charge is 0.293 e. The van der Waals surface area contributed by atoms with Gasteiger partial charge in [0.1, 0.15) is 5.75 Å². The van der Waals surface area contributed by atoms with Gasteiger partial charge in [0.15, 0.2) is 4.90 Å². The van der Waals surface area contributed by atoms with E-state index in [0.717, 1.165) is 31.7 Å². The highest BCUT2D eigenvalue weighted by Gasteiger charge is 2.32. The van der Waals surface area contributed by atoms with Crippen LogP contribution in [0.2, 0.25) is 0 Å². The van der Waals surface area contributed by atoms with E-state index in [9.17, 15) is 18.5 Å². The Kier molecular flexibility index (Phi) is 5.55. The fraction of sp³-hybridized carbons (Fsp3) is 0.571. The predicted octanol–water partition coefficient (Wildman–Crippen LogP) is 1.40. The topological polar surface area (TPSA) is 125 Å². The Morgan fingerprint density at radius 2 is 2.09 bits per heavy atom. The molecule has 0 aliphatic heterocycles. The van der Waals surface area contributed by atoms with Crippen LogP contribution in [0, 0.1) is 16.0 Å². The minimum atomic E-state index is -4.04. The maximum absolute atomic E-state index is 12.6. The van der Waals surface area contributed by atoms with Crippen molar-refractivity contribution in [2.75, 3.05) is 13.7 Å². The number of nitro benzene ring substituents is 1. The number of benzene rings is 1. The molecule has 1 aliphatic carbocycles. The fourth-order valence-electron chi connectivity index (χ4n) is 2.95. The second-order valence-corrected chi connectivity index (χ2v) is 7.28. The SMILES string of the molecule is COc1ccc(S(=O)(=O)NC(CN)C2CCCC2)c([N+](=O)[O-])c1. The van der Waals surface area contributed by atoms with Crippen molar-refractivity contribution in [3.8, 4) is 5.75 Å². The molecule has 1 aliphatic rings. The standard InChI is InChI=1S/C14H21N3O5S/c1-22-11-6-7-14(13(8-11)17(18)19)23(20,21)16-12(9-15)10-4-2-3-5-10/h6-8,10,12,16H,2-5,9,15H2,1H3. The van der Waals surface area contributed by atoms with E-state index in [1.807, 2.05) is 0 Å². The summed E-state index contributed by atoms with van der Waals surface area (Å²) in [5.41, 5.74) is 5.19. The second-order valence-electron chi connectivity index (χ2n) is 5.60. The summed E-state index contributed by atoms with van der Waals surface area (Å²) in [6.07, 6.45) is 3.92. The molecule has 0 radical (unpaired) electrons. The molecule has 1 saturated carbocycles. The molecule has 128 valence electrons. The number of hydrogen-bond acceptors (Lipinski definition) is 6. The molecule has 1 atom stereocenters. The lowest BCUT2D eigenvalue weighted by molar-refractivity contribution is -0.387. The Balaban J connectivity index is 2.33. The zero-order valence-electron chi connectivity index (χ0n) is 12.9. The van der Waals surface area contributed by atoms with Gasteiger partial charge in [0.2, 0.25) is 10.0 Å². The first-order chi connectivity index (χ1) is 10.9. The Morgan fingerprint density at radius 1 is 1.43 bits per heavy atom. The Bertz CT molecular complexity index is 671. The van der Waals surface area contributed by atoms with Gasteiger partial charge in [-0.15, -0.1) is 0 Å². The number of nitrogens with two attached hydrogens (primary N) is 1. The molecule has 0 spiro atoms. The lowest BCUT2D eigenvalue weighted by Crippen LogP contribution is -2.44. The van der Waals surface area contributed by atoms with Crippen molar-refractivity contribution in [2.45, 2.75) is 36.6 Å². The Hall–Kier alpha value is -1.71. The first kappa shape index (κ1) is 17.6. The molecule has 1 aromatic carbocycles. The molecule has 0 amide bonds. The van der Waals surface area contributed by atoms with Gasteiger partial charge in [-0.25, -0.2) is 13.1 Å². The maximum Gasteiger partial charge on any atom is 0.293 e. The van der Waals surface area contributed by atoms with Gasteiger partial charge in [0, 0.05) is 12.6 Å². The summed E-state index contributed by atoms with van der Waals surface area (Å²) >= 11 is 0. The molecule has 0 heterocycles. The van der Waals surface area contributed by atoms with Crippen molar-refractivity contribution >= 4 is 15.7 Å². The molecule has 0 bridgehead atoms. The van der Waals surface area contributed by atoms with Gasteiger partial charge in [0.25, 0.3) is 5.69 Å². The highest BCUT2D eigenvalue weighted by molar-refractivity contribution is 7.89. The number of rotatable bonds is 7. The van der Waals surface area contributed by atoms with Crippen LogP contribution in [-0.4, -0.2) is 33.0 Å². The third-order valence-electron chi connectivity index (χ3n) is 4.18. The summed E-state index contributed by atoms with van der Waals surface area (Å²) in [6.45, 7) is 0.161. The summed E-state index contributed by atoms with van der Waals surface area (Å²) in [5, 5.41) is 11.2. The summed E-state index contributed by atoms with van der Waals surface area (Å²) in [4.78, 5) is 10.1. The van der Waals surface area contributed by atoms with Crippen molar-refractivity contribution in [2.24, 2.45) is 11.7 Å².